The molecule has 0 bridgehead atoms. The van der Waals surface area contributed by atoms with E-state index in [2.05, 4.69) is 24.5 Å². The van der Waals surface area contributed by atoms with E-state index in [0.717, 1.165) is 25.6 Å². The fraction of sp³-hybridized carbons (Fsp3) is 0.933. The van der Waals surface area contributed by atoms with E-state index in [1.807, 2.05) is 0 Å². The molecule has 0 aliphatic heterocycles. The van der Waals surface area contributed by atoms with E-state index in [1.54, 1.807) is 0 Å². The predicted molar refractivity (Wildman–Crippen MR) is 76.5 cm³/mol. The zero-order valence-corrected chi connectivity index (χ0v) is 12.1. The summed E-state index contributed by atoms with van der Waals surface area (Å²) in [7, 11) is 0. The minimum absolute atomic E-state index is 0.178. The topological polar surface area (TPSA) is 41.1 Å². The number of hydrogen-bond donors (Lipinski definition) is 2. The SMILES string of the molecule is CC(C)CNC(=O)CCNCC1CCCCCC1. The lowest BCUT2D eigenvalue weighted by atomic mass is 10.0. The Labute approximate surface area is 112 Å². The van der Waals surface area contributed by atoms with Crippen molar-refractivity contribution in [2.45, 2.75) is 58.8 Å². The van der Waals surface area contributed by atoms with Gasteiger partial charge in [0, 0.05) is 19.5 Å². The average Bonchev–Trinajstić information content (AvgIpc) is 2.60. The zero-order chi connectivity index (χ0) is 13.2. The Kier molecular flexibility index (Phi) is 8.06. The van der Waals surface area contributed by atoms with Crippen LogP contribution < -0.4 is 10.6 Å². The van der Waals surface area contributed by atoms with Crippen LogP contribution in [0, 0.1) is 11.8 Å². The summed E-state index contributed by atoms with van der Waals surface area (Å²) in [5.41, 5.74) is 0. The molecule has 1 aliphatic rings. The molecule has 0 aromatic carbocycles. The summed E-state index contributed by atoms with van der Waals surface area (Å²) in [6.45, 7) is 6.94. The molecule has 1 aliphatic carbocycles. The fourth-order valence-corrected chi connectivity index (χ4v) is 2.48. The smallest absolute Gasteiger partial charge is 0.221 e. The molecule has 1 amide bonds. The van der Waals surface area contributed by atoms with Crippen LogP contribution in [0.4, 0.5) is 0 Å². The molecular formula is C15H30N2O. The molecule has 0 aromatic heterocycles. The quantitative estimate of drug-likeness (QED) is 0.542. The van der Waals surface area contributed by atoms with E-state index in [1.165, 1.54) is 38.5 Å². The van der Waals surface area contributed by atoms with E-state index < -0.39 is 0 Å². The van der Waals surface area contributed by atoms with Gasteiger partial charge in [-0.15, -0.1) is 0 Å². The number of amides is 1. The van der Waals surface area contributed by atoms with Crippen LogP contribution in [0.3, 0.4) is 0 Å². The van der Waals surface area contributed by atoms with Crippen LogP contribution in [0.2, 0.25) is 0 Å². The van der Waals surface area contributed by atoms with Crippen LogP contribution in [0.5, 0.6) is 0 Å². The summed E-state index contributed by atoms with van der Waals surface area (Å²) >= 11 is 0. The van der Waals surface area contributed by atoms with E-state index in [4.69, 9.17) is 0 Å². The normalized spacial score (nSPS) is 17.7. The van der Waals surface area contributed by atoms with Crippen molar-refractivity contribution in [1.29, 1.82) is 0 Å². The van der Waals surface area contributed by atoms with Crippen molar-refractivity contribution < 1.29 is 4.79 Å². The highest BCUT2D eigenvalue weighted by Crippen LogP contribution is 2.21. The van der Waals surface area contributed by atoms with Gasteiger partial charge < -0.3 is 10.6 Å². The highest BCUT2D eigenvalue weighted by molar-refractivity contribution is 5.76. The van der Waals surface area contributed by atoms with Crippen molar-refractivity contribution in [3.63, 3.8) is 0 Å². The number of rotatable bonds is 7. The Morgan fingerprint density at radius 2 is 1.83 bits per heavy atom. The van der Waals surface area contributed by atoms with Crippen molar-refractivity contribution in [2.75, 3.05) is 19.6 Å². The van der Waals surface area contributed by atoms with Crippen LogP contribution in [-0.2, 0) is 4.79 Å². The van der Waals surface area contributed by atoms with Gasteiger partial charge in [0.15, 0.2) is 0 Å². The van der Waals surface area contributed by atoms with Gasteiger partial charge >= 0.3 is 0 Å². The second kappa shape index (κ2) is 9.37. The summed E-state index contributed by atoms with van der Waals surface area (Å²) in [5, 5.41) is 6.39. The zero-order valence-electron chi connectivity index (χ0n) is 12.1. The molecule has 0 unspecified atom stereocenters. The molecule has 18 heavy (non-hydrogen) atoms. The van der Waals surface area contributed by atoms with Crippen molar-refractivity contribution >= 4 is 5.91 Å². The van der Waals surface area contributed by atoms with Crippen LogP contribution in [0.25, 0.3) is 0 Å². The van der Waals surface area contributed by atoms with Crippen molar-refractivity contribution in [3.8, 4) is 0 Å². The lowest BCUT2D eigenvalue weighted by Gasteiger charge is -2.14. The van der Waals surface area contributed by atoms with Crippen LogP contribution in [0.15, 0.2) is 0 Å². The molecule has 0 radical (unpaired) electrons. The summed E-state index contributed by atoms with van der Waals surface area (Å²) in [5.74, 6) is 1.55. The summed E-state index contributed by atoms with van der Waals surface area (Å²) in [6, 6.07) is 0. The molecule has 1 fully saturated rings. The molecule has 0 saturated heterocycles. The van der Waals surface area contributed by atoms with Crippen LogP contribution in [0.1, 0.15) is 58.8 Å². The number of hydrogen-bond acceptors (Lipinski definition) is 2. The maximum atomic E-state index is 11.5. The molecule has 0 aromatic rings. The van der Waals surface area contributed by atoms with E-state index >= 15 is 0 Å². The van der Waals surface area contributed by atoms with Gasteiger partial charge in [-0.25, -0.2) is 0 Å². The molecule has 3 heteroatoms. The second-order valence-electron chi connectivity index (χ2n) is 6.01. The summed E-state index contributed by atoms with van der Waals surface area (Å²) in [4.78, 5) is 11.5. The minimum atomic E-state index is 0.178. The average molecular weight is 254 g/mol. The molecule has 0 atom stereocenters. The van der Waals surface area contributed by atoms with E-state index in [9.17, 15) is 4.79 Å². The first-order valence-corrected chi connectivity index (χ1v) is 7.66. The molecule has 1 rings (SSSR count). The molecule has 106 valence electrons. The van der Waals surface area contributed by atoms with E-state index in [0.29, 0.717) is 12.3 Å². The molecule has 1 saturated carbocycles. The third kappa shape index (κ3) is 7.70. The monoisotopic (exact) mass is 254 g/mol. The van der Waals surface area contributed by atoms with Gasteiger partial charge in [0.2, 0.25) is 5.91 Å². The van der Waals surface area contributed by atoms with Gasteiger partial charge in [-0.3, -0.25) is 4.79 Å². The molecule has 0 heterocycles. The first-order chi connectivity index (χ1) is 8.68. The first kappa shape index (κ1) is 15.5. The third-order valence-electron chi connectivity index (χ3n) is 3.64. The summed E-state index contributed by atoms with van der Waals surface area (Å²) in [6.07, 6.45) is 8.95. The fourth-order valence-electron chi connectivity index (χ4n) is 2.48. The minimum Gasteiger partial charge on any atom is -0.356 e. The first-order valence-electron chi connectivity index (χ1n) is 7.66. The molecule has 3 nitrogen and oxygen atoms in total. The standard InChI is InChI=1S/C15H30N2O/c1-13(2)11-17-15(18)9-10-16-12-14-7-5-3-4-6-8-14/h13-14,16H,3-12H2,1-2H3,(H,17,18). The van der Waals surface area contributed by atoms with Gasteiger partial charge in [-0.05, 0) is 31.2 Å². The molecule has 2 N–H and O–H groups in total. The van der Waals surface area contributed by atoms with Crippen LogP contribution in [-0.4, -0.2) is 25.5 Å². The Morgan fingerprint density at radius 1 is 1.17 bits per heavy atom. The Balaban J connectivity index is 1.98. The number of carbonyl (C=O) groups excluding carboxylic acids is 1. The van der Waals surface area contributed by atoms with Crippen LogP contribution >= 0.6 is 0 Å². The number of carbonyl (C=O) groups is 1. The highest BCUT2D eigenvalue weighted by Gasteiger charge is 2.11. The van der Waals surface area contributed by atoms with Crippen molar-refractivity contribution in [1.82, 2.24) is 10.6 Å². The van der Waals surface area contributed by atoms with Gasteiger partial charge in [-0.2, -0.15) is 0 Å². The lowest BCUT2D eigenvalue weighted by molar-refractivity contribution is -0.121. The van der Waals surface area contributed by atoms with Crippen molar-refractivity contribution in [2.24, 2.45) is 11.8 Å². The third-order valence-corrected chi connectivity index (χ3v) is 3.64. The molecule has 0 spiro atoms. The highest BCUT2D eigenvalue weighted by atomic mass is 16.1. The molecular weight excluding hydrogens is 224 g/mol. The Hall–Kier alpha value is -0.570. The number of nitrogens with one attached hydrogen (secondary N) is 2. The van der Waals surface area contributed by atoms with E-state index in [-0.39, 0.29) is 5.91 Å². The Morgan fingerprint density at radius 3 is 2.44 bits per heavy atom. The maximum Gasteiger partial charge on any atom is 0.221 e. The van der Waals surface area contributed by atoms with Gasteiger partial charge in [0.05, 0.1) is 0 Å². The maximum absolute atomic E-state index is 11.5. The van der Waals surface area contributed by atoms with Gasteiger partial charge in [0.25, 0.3) is 0 Å². The lowest BCUT2D eigenvalue weighted by Crippen LogP contribution is -2.31. The largest absolute Gasteiger partial charge is 0.356 e. The summed E-state index contributed by atoms with van der Waals surface area (Å²) < 4.78 is 0. The van der Waals surface area contributed by atoms with Gasteiger partial charge in [0.1, 0.15) is 0 Å². The van der Waals surface area contributed by atoms with Crippen molar-refractivity contribution in [3.05, 3.63) is 0 Å². The van der Waals surface area contributed by atoms with Gasteiger partial charge in [-0.1, -0.05) is 39.5 Å². The Bertz CT molecular complexity index is 221. The predicted octanol–water partition coefficient (Wildman–Crippen LogP) is 2.71. The second-order valence-corrected chi connectivity index (χ2v) is 6.01.